The van der Waals surface area contributed by atoms with Crippen molar-refractivity contribution < 1.29 is 9.53 Å². The Morgan fingerprint density at radius 2 is 2.30 bits per heavy atom. The van der Waals surface area contributed by atoms with Crippen molar-refractivity contribution in [2.24, 2.45) is 11.7 Å². The average Bonchev–Trinajstić information content (AvgIpc) is 2.89. The van der Waals surface area contributed by atoms with Crippen LogP contribution in [0.4, 0.5) is 0 Å². The summed E-state index contributed by atoms with van der Waals surface area (Å²) >= 11 is 0. The molecule has 1 aromatic carbocycles. The fourth-order valence-corrected chi connectivity index (χ4v) is 2.26. The van der Waals surface area contributed by atoms with Crippen molar-refractivity contribution in [2.75, 3.05) is 13.2 Å². The van der Waals surface area contributed by atoms with Gasteiger partial charge in [-0.2, -0.15) is 0 Å². The van der Waals surface area contributed by atoms with Gasteiger partial charge in [0, 0.05) is 18.7 Å². The number of hydrogen-bond acceptors (Lipinski definition) is 3. The van der Waals surface area contributed by atoms with E-state index in [1.807, 2.05) is 31.2 Å². The van der Waals surface area contributed by atoms with Crippen molar-refractivity contribution in [1.82, 2.24) is 5.32 Å². The van der Waals surface area contributed by atoms with Crippen LogP contribution in [0.3, 0.4) is 0 Å². The van der Waals surface area contributed by atoms with Gasteiger partial charge in [-0.25, -0.2) is 0 Å². The zero-order valence-corrected chi connectivity index (χ0v) is 11.7. The number of benzene rings is 1. The Balaban J connectivity index is 1.98. The molecule has 0 saturated carbocycles. The first kappa shape index (κ1) is 14.6. The standard InChI is InChI=1S/C16H20N2O2/c1-12-8-10-20-15(12)16(19)18-11-14-6-3-2-5-13(14)7-4-9-17/h2-3,5-6,12,15H,8-11,17H2,1H3,(H,18,19). The Hall–Kier alpha value is -1.83. The van der Waals surface area contributed by atoms with E-state index in [1.165, 1.54) is 0 Å². The first-order valence-electron chi connectivity index (χ1n) is 6.88. The quantitative estimate of drug-likeness (QED) is 0.808. The molecular weight excluding hydrogens is 252 g/mol. The number of carbonyl (C=O) groups is 1. The highest BCUT2D eigenvalue weighted by Gasteiger charge is 2.30. The number of hydrogen-bond donors (Lipinski definition) is 2. The first-order valence-corrected chi connectivity index (χ1v) is 6.88. The lowest BCUT2D eigenvalue weighted by Gasteiger charge is -2.15. The molecule has 3 N–H and O–H groups in total. The number of carbonyl (C=O) groups excluding carboxylic acids is 1. The number of rotatable bonds is 3. The Labute approximate surface area is 119 Å². The van der Waals surface area contributed by atoms with Gasteiger partial charge in [-0.15, -0.1) is 0 Å². The highest BCUT2D eigenvalue weighted by molar-refractivity contribution is 5.81. The molecule has 0 spiro atoms. The van der Waals surface area contributed by atoms with Gasteiger partial charge in [0.25, 0.3) is 0 Å². The maximum atomic E-state index is 12.1. The molecule has 0 aromatic heterocycles. The molecule has 1 aliphatic rings. The Kier molecular flexibility index (Phi) is 5.16. The molecule has 2 unspecified atom stereocenters. The van der Waals surface area contributed by atoms with Crippen LogP contribution in [0.25, 0.3) is 0 Å². The van der Waals surface area contributed by atoms with Crippen molar-refractivity contribution in [1.29, 1.82) is 0 Å². The Morgan fingerprint density at radius 1 is 1.50 bits per heavy atom. The van der Waals surface area contributed by atoms with Gasteiger partial charge >= 0.3 is 0 Å². The van der Waals surface area contributed by atoms with Gasteiger partial charge in [-0.1, -0.05) is 37.0 Å². The summed E-state index contributed by atoms with van der Waals surface area (Å²) < 4.78 is 5.45. The third kappa shape index (κ3) is 3.60. The lowest BCUT2D eigenvalue weighted by molar-refractivity contribution is -0.131. The molecule has 1 amide bonds. The molecule has 4 nitrogen and oxygen atoms in total. The second-order valence-corrected chi connectivity index (χ2v) is 4.94. The zero-order chi connectivity index (χ0) is 14.4. The maximum absolute atomic E-state index is 12.1. The monoisotopic (exact) mass is 272 g/mol. The Bertz CT molecular complexity index is 531. The predicted octanol–water partition coefficient (Wildman–Crippen LogP) is 1.04. The van der Waals surface area contributed by atoms with Gasteiger partial charge in [0.2, 0.25) is 5.91 Å². The van der Waals surface area contributed by atoms with E-state index in [0.29, 0.717) is 19.7 Å². The summed E-state index contributed by atoms with van der Waals surface area (Å²) in [7, 11) is 0. The summed E-state index contributed by atoms with van der Waals surface area (Å²) in [5.41, 5.74) is 7.28. The molecule has 1 aromatic rings. The van der Waals surface area contributed by atoms with E-state index >= 15 is 0 Å². The van der Waals surface area contributed by atoms with Gasteiger partial charge < -0.3 is 15.8 Å². The summed E-state index contributed by atoms with van der Waals surface area (Å²) in [6.45, 7) is 3.49. The second-order valence-electron chi connectivity index (χ2n) is 4.94. The van der Waals surface area contributed by atoms with Crippen molar-refractivity contribution in [3.05, 3.63) is 35.4 Å². The Morgan fingerprint density at radius 3 is 3.00 bits per heavy atom. The summed E-state index contributed by atoms with van der Waals surface area (Å²) in [4.78, 5) is 12.1. The van der Waals surface area contributed by atoms with E-state index in [4.69, 9.17) is 10.5 Å². The van der Waals surface area contributed by atoms with Crippen LogP contribution in [0.2, 0.25) is 0 Å². The van der Waals surface area contributed by atoms with Crippen LogP contribution in [-0.4, -0.2) is 25.2 Å². The maximum Gasteiger partial charge on any atom is 0.249 e. The largest absolute Gasteiger partial charge is 0.368 e. The molecule has 106 valence electrons. The van der Waals surface area contributed by atoms with Gasteiger partial charge in [-0.3, -0.25) is 4.79 Å². The van der Waals surface area contributed by atoms with E-state index in [1.54, 1.807) is 0 Å². The molecule has 2 rings (SSSR count). The summed E-state index contributed by atoms with van der Waals surface area (Å²) in [5, 5.41) is 2.93. The van der Waals surface area contributed by atoms with E-state index in [0.717, 1.165) is 17.5 Å². The van der Waals surface area contributed by atoms with Gasteiger partial charge in [0.15, 0.2) is 0 Å². The van der Waals surface area contributed by atoms with Crippen LogP contribution in [0, 0.1) is 17.8 Å². The first-order chi connectivity index (χ1) is 9.72. The average molecular weight is 272 g/mol. The smallest absolute Gasteiger partial charge is 0.249 e. The molecule has 1 aliphatic heterocycles. The number of ether oxygens (including phenoxy) is 1. The van der Waals surface area contributed by atoms with Crippen LogP contribution in [0.5, 0.6) is 0 Å². The molecule has 0 bridgehead atoms. The highest BCUT2D eigenvalue weighted by Crippen LogP contribution is 2.20. The van der Waals surface area contributed by atoms with E-state index in [-0.39, 0.29) is 17.9 Å². The van der Waals surface area contributed by atoms with Crippen molar-refractivity contribution in [2.45, 2.75) is 26.0 Å². The summed E-state index contributed by atoms with van der Waals surface area (Å²) in [6.07, 6.45) is 0.619. The molecule has 0 aliphatic carbocycles. The predicted molar refractivity (Wildman–Crippen MR) is 77.7 cm³/mol. The molecule has 4 heteroatoms. The van der Waals surface area contributed by atoms with Crippen LogP contribution in [-0.2, 0) is 16.1 Å². The molecule has 20 heavy (non-hydrogen) atoms. The molecule has 1 heterocycles. The van der Waals surface area contributed by atoms with Crippen molar-refractivity contribution >= 4 is 5.91 Å². The van der Waals surface area contributed by atoms with E-state index in [2.05, 4.69) is 17.2 Å². The second kappa shape index (κ2) is 7.09. The minimum atomic E-state index is -0.322. The summed E-state index contributed by atoms with van der Waals surface area (Å²) in [6, 6.07) is 7.75. The van der Waals surface area contributed by atoms with Crippen molar-refractivity contribution in [3.63, 3.8) is 0 Å². The lowest BCUT2D eigenvalue weighted by Crippen LogP contribution is -2.36. The van der Waals surface area contributed by atoms with Crippen LogP contribution in [0.15, 0.2) is 24.3 Å². The van der Waals surface area contributed by atoms with E-state index < -0.39 is 0 Å². The van der Waals surface area contributed by atoms with Gasteiger partial charge in [0.1, 0.15) is 6.10 Å². The molecule has 2 atom stereocenters. The topological polar surface area (TPSA) is 64.3 Å². The lowest BCUT2D eigenvalue weighted by atomic mass is 10.0. The van der Waals surface area contributed by atoms with Crippen LogP contribution < -0.4 is 11.1 Å². The van der Waals surface area contributed by atoms with E-state index in [9.17, 15) is 4.79 Å². The SMILES string of the molecule is CC1CCOC1C(=O)NCc1ccccc1C#CCN. The summed E-state index contributed by atoms with van der Waals surface area (Å²) in [5.74, 6) is 6.09. The minimum Gasteiger partial charge on any atom is -0.368 e. The third-order valence-corrected chi connectivity index (χ3v) is 3.44. The van der Waals surface area contributed by atoms with Gasteiger partial charge in [0.05, 0.1) is 6.54 Å². The fraction of sp³-hybridized carbons (Fsp3) is 0.438. The number of nitrogens with one attached hydrogen (secondary N) is 1. The van der Waals surface area contributed by atoms with Crippen LogP contribution >= 0.6 is 0 Å². The van der Waals surface area contributed by atoms with Gasteiger partial charge in [-0.05, 0) is 24.0 Å². The highest BCUT2D eigenvalue weighted by atomic mass is 16.5. The third-order valence-electron chi connectivity index (χ3n) is 3.44. The number of nitrogens with two attached hydrogens (primary N) is 1. The minimum absolute atomic E-state index is 0.0448. The molecule has 1 saturated heterocycles. The number of amides is 1. The van der Waals surface area contributed by atoms with Crippen molar-refractivity contribution in [3.8, 4) is 11.8 Å². The molecule has 0 radical (unpaired) electrons. The fourth-order valence-electron chi connectivity index (χ4n) is 2.26. The van der Waals surface area contributed by atoms with Crippen LogP contribution in [0.1, 0.15) is 24.5 Å². The zero-order valence-electron chi connectivity index (χ0n) is 11.7. The molecule has 1 fully saturated rings. The molecular formula is C16H20N2O2. The normalized spacial score (nSPS) is 21.1.